The maximum Gasteiger partial charge on any atom is 0.357 e. The first kappa shape index (κ1) is 23.5. The Labute approximate surface area is 189 Å². The zero-order valence-electron chi connectivity index (χ0n) is 17.1. The number of nitrogens with one attached hydrogen (secondary N) is 2. The molecule has 0 aliphatic carbocycles. The molecule has 2 aromatic carbocycles. The highest BCUT2D eigenvalue weighted by Crippen LogP contribution is 2.26. The van der Waals surface area contributed by atoms with Crippen LogP contribution < -0.4 is 10.0 Å². The van der Waals surface area contributed by atoms with E-state index in [9.17, 15) is 23.4 Å². The fourth-order valence-corrected chi connectivity index (χ4v) is 4.43. The van der Waals surface area contributed by atoms with Gasteiger partial charge in [-0.25, -0.2) is 4.98 Å². The number of amides is 1. The number of carbonyl (C=O) groups excluding carboxylic acids is 1. The molecule has 0 aliphatic heterocycles. The quantitative estimate of drug-likeness (QED) is 0.235. The van der Waals surface area contributed by atoms with E-state index >= 15 is 0 Å². The van der Waals surface area contributed by atoms with Gasteiger partial charge in [-0.2, -0.15) is 8.42 Å². The van der Waals surface area contributed by atoms with Crippen molar-refractivity contribution in [2.24, 2.45) is 0 Å². The van der Waals surface area contributed by atoms with Crippen molar-refractivity contribution >= 4 is 33.2 Å². The van der Waals surface area contributed by atoms with Gasteiger partial charge in [0.05, 0.1) is 23.8 Å². The normalized spacial score (nSPS) is 12.3. The van der Waals surface area contributed by atoms with Gasteiger partial charge >= 0.3 is 10.3 Å². The van der Waals surface area contributed by atoms with E-state index in [0.29, 0.717) is 12.0 Å². The van der Waals surface area contributed by atoms with Crippen molar-refractivity contribution in [3.8, 4) is 11.5 Å². The SMILES string of the molecule is CCc1csc([C@H](Cc2ccc(NS(=O)(=O)O)cc2)NC(=O)Cc2ccc(O)c(O)c2)n1. The van der Waals surface area contributed by atoms with Crippen LogP contribution in [0.4, 0.5) is 5.69 Å². The number of hydrogen-bond acceptors (Lipinski definition) is 7. The number of benzene rings is 2. The first-order valence-corrected chi connectivity index (χ1v) is 12.0. The van der Waals surface area contributed by atoms with Gasteiger partial charge in [0, 0.05) is 5.38 Å². The van der Waals surface area contributed by atoms with Crippen LogP contribution >= 0.6 is 11.3 Å². The lowest BCUT2D eigenvalue weighted by molar-refractivity contribution is -0.121. The summed E-state index contributed by atoms with van der Waals surface area (Å²) in [5.41, 5.74) is 2.50. The van der Waals surface area contributed by atoms with E-state index in [4.69, 9.17) is 4.55 Å². The van der Waals surface area contributed by atoms with Crippen LogP contribution in [0.3, 0.4) is 0 Å². The number of aromatic hydroxyl groups is 2. The number of phenolic OH excluding ortho intramolecular Hbond substituents is 2. The summed E-state index contributed by atoms with van der Waals surface area (Å²) in [6.07, 6.45) is 1.18. The van der Waals surface area contributed by atoms with Gasteiger partial charge in [0.25, 0.3) is 0 Å². The molecule has 1 heterocycles. The first-order valence-electron chi connectivity index (χ1n) is 9.71. The van der Waals surface area contributed by atoms with E-state index in [1.807, 2.05) is 17.0 Å². The minimum atomic E-state index is -4.36. The van der Waals surface area contributed by atoms with Crippen molar-refractivity contribution in [2.45, 2.75) is 32.2 Å². The Morgan fingerprint density at radius 2 is 1.78 bits per heavy atom. The fraction of sp³-hybridized carbons (Fsp3) is 0.238. The topological polar surface area (TPSA) is 149 Å². The van der Waals surface area contributed by atoms with Crippen LogP contribution in [0, 0.1) is 0 Å². The van der Waals surface area contributed by atoms with E-state index in [0.717, 1.165) is 22.7 Å². The van der Waals surface area contributed by atoms with Gasteiger partial charge in [0.15, 0.2) is 11.5 Å². The second-order valence-corrected chi connectivity index (χ2v) is 9.17. The van der Waals surface area contributed by atoms with E-state index in [1.54, 1.807) is 18.2 Å². The second-order valence-electron chi connectivity index (χ2n) is 7.13. The number of hydrogen-bond donors (Lipinski definition) is 5. The zero-order chi connectivity index (χ0) is 23.3. The molecule has 0 spiro atoms. The Bertz CT molecular complexity index is 1190. The van der Waals surface area contributed by atoms with Crippen molar-refractivity contribution < 1.29 is 28.0 Å². The largest absolute Gasteiger partial charge is 0.504 e. The molecule has 170 valence electrons. The van der Waals surface area contributed by atoms with Crippen LogP contribution in [-0.4, -0.2) is 34.1 Å². The third-order valence-electron chi connectivity index (χ3n) is 4.61. The molecule has 5 N–H and O–H groups in total. The van der Waals surface area contributed by atoms with Crippen LogP contribution in [0.25, 0.3) is 0 Å². The van der Waals surface area contributed by atoms with E-state index in [1.165, 1.54) is 35.6 Å². The maximum absolute atomic E-state index is 12.7. The number of phenols is 2. The summed E-state index contributed by atoms with van der Waals surface area (Å²) in [5.74, 6) is -0.829. The van der Waals surface area contributed by atoms with Gasteiger partial charge in [-0.05, 0) is 48.2 Å². The van der Waals surface area contributed by atoms with Crippen molar-refractivity contribution in [1.29, 1.82) is 0 Å². The molecule has 0 saturated carbocycles. The Balaban J connectivity index is 1.76. The van der Waals surface area contributed by atoms with E-state index in [-0.39, 0.29) is 29.5 Å². The minimum Gasteiger partial charge on any atom is -0.504 e. The summed E-state index contributed by atoms with van der Waals surface area (Å²) in [4.78, 5) is 17.3. The average Bonchev–Trinajstić information content (AvgIpc) is 3.20. The van der Waals surface area contributed by atoms with Crippen molar-refractivity contribution in [1.82, 2.24) is 10.3 Å². The Morgan fingerprint density at radius 1 is 1.09 bits per heavy atom. The summed E-state index contributed by atoms with van der Waals surface area (Å²) in [7, 11) is -4.36. The number of aromatic nitrogens is 1. The fourth-order valence-electron chi connectivity index (χ4n) is 3.05. The summed E-state index contributed by atoms with van der Waals surface area (Å²) >= 11 is 1.44. The molecule has 9 nitrogen and oxygen atoms in total. The molecule has 0 aliphatic rings. The molecular weight excluding hydrogens is 454 g/mol. The lowest BCUT2D eigenvalue weighted by Crippen LogP contribution is -2.31. The summed E-state index contributed by atoms with van der Waals surface area (Å²) in [6.45, 7) is 1.99. The molecular formula is C21H23N3O6S2. The maximum atomic E-state index is 12.7. The predicted molar refractivity (Wildman–Crippen MR) is 121 cm³/mol. The number of rotatable bonds is 9. The molecule has 3 rings (SSSR count). The highest BCUT2D eigenvalue weighted by atomic mass is 32.2. The van der Waals surface area contributed by atoms with Gasteiger partial charge in [0.2, 0.25) is 5.91 Å². The van der Waals surface area contributed by atoms with Gasteiger partial charge in [0.1, 0.15) is 5.01 Å². The number of carbonyl (C=O) groups is 1. The molecule has 32 heavy (non-hydrogen) atoms. The van der Waals surface area contributed by atoms with Gasteiger partial charge < -0.3 is 15.5 Å². The lowest BCUT2D eigenvalue weighted by Gasteiger charge is -2.17. The molecule has 1 atom stereocenters. The van der Waals surface area contributed by atoms with Crippen LogP contribution in [0.1, 0.15) is 34.8 Å². The second kappa shape index (κ2) is 9.98. The average molecular weight is 478 g/mol. The van der Waals surface area contributed by atoms with Gasteiger partial charge in [-0.1, -0.05) is 25.1 Å². The molecule has 1 amide bonds. The number of thiazole rings is 1. The molecule has 0 fully saturated rings. The first-order chi connectivity index (χ1) is 15.1. The van der Waals surface area contributed by atoms with Crippen LogP contribution in [0.5, 0.6) is 11.5 Å². The highest BCUT2D eigenvalue weighted by Gasteiger charge is 2.19. The van der Waals surface area contributed by atoms with Gasteiger partial charge in [-0.3, -0.25) is 14.1 Å². The molecule has 1 aromatic heterocycles. The standard InChI is InChI=1S/C21H23N3O6S2/c1-2-15-12-31-21(22-15)17(9-13-3-6-16(7-4-13)24-32(28,29)30)23-20(27)11-14-5-8-18(25)19(26)10-14/h3-8,10,12,17,24-26H,2,9,11H2,1H3,(H,23,27)(H,28,29,30)/t17-/m0/s1. The molecule has 0 unspecified atom stereocenters. The minimum absolute atomic E-state index is 0.00751. The number of anilines is 1. The number of nitrogens with zero attached hydrogens (tertiary/aromatic N) is 1. The van der Waals surface area contributed by atoms with Crippen LogP contribution in [-0.2, 0) is 34.4 Å². The van der Waals surface area contributed by atoms with Crippen molar-refractivity contribution in [2.75, 3.05) is 4.72 Å². The molecule has 0 saturated heterocycles. The van der Waals surface area contributed by atoms with E-state index in [2.05, 4.69) is 10.3 Å². The van der Waals surface area contributed by atoms with Crippen molar-refractivity contribution in [3.63, 3.8) is 0 Å². The molecule has 3 aromatic rings. The van der Waals surface area contributed by atoms with E-state index < -0.39 is 16.3 Å². The van der Waals surface area contributed by atoms with Crippen molar-refractivity contribution in [3.05, 3.63) is 69.7 Å². The monoisotopic (exact) mass is 477 g/mol. The Hall–Kier alpha value is -3.15. The molecule has 11 heteroatoms. The molecule has 0 radical (unpaired) electrons. The third-order valence-corrected chi connectivity index (χ3v) is 6.11. The third kappa shape index (κ3) is 6.67. The summed E-state index contributed by atoms with van der Waals surface area (Å²) in [6, 6.07) is 10.2. The Morgan fingerprint density at radius 3 is 2.38 bits per heavy atom. The lowest BCUT2D eigenvalue weighted by atomic mass is 10.0. The summed E-state index contributed by atoms with van der Waals surface area (Å²) in [5, 5.41) is 24.7. The zero-order valence-corrected chi connectivity index (χ0v) is 18.8. The highest BCUT2D eigenvalue weighted by molar-refractivity contribution is 7.87. The smallest absolute Gasteiger partial charge is 0.357 e. The number of aryl methyl sites for hydroxylation is 1. The summed E-state index contributed by atoms with van der Waals surface area (Å²) < 4.78 is 32.8. The van der Waals surface area contributed by atoms with Crippen LogP contribution in [0.15, 0.2) is 47.8 Å². The predicted octanol–water partition coefficient (Wildman–Crippen LogP) is 2.97. The van der Waals surface area contributed by atoms with Crippen LogP contribution in [0.2, 0.25) is 0 Å². The van der Waals surface area contributed by atoms with Gasteiger partial charge in [-0.15, -0.1) is 11.3 Å². The molecule has 0 bridgehead atoms. The Kier molecular flexibility index (Phi) is 7.33.